The summed E-state index contributed by atoms with van der Waals surface area (Å²) >= 11 is 0. The Labute approximate surface area is 144 Å². The van der Waals surface area contributed by atoms with E-state index in [0.717, 1.165) is 0 Å². The second kappa shape index (κ2) is 6.29. The van der Waals surface area contributed by atoms with Crippen molar-refractivity contribution in [3.05, 3.63) is 40.4 Å². The minimum atomic E-state index is -0.860. The van der Waals surface area contributed by atoms with Crippen LogP contribution in [0.4, 0.5) is 4.79 Å². The Morgan fingerprint density at radius 2 is 1.92 bits per heavy atom. The molecule has 2 heterocycles. The summed E-state index contributed by atoms with van der Waals surface area (Å²) in [5.41, 5.74) is -0.392. The molecule has 0 bridgehead atoms. The number of carbonyl (C=O) groups is 2. The van der Waals surface area contributed by atoms with Gasteiger partial charge in [-0.15, -0.1) is 0 Å². The van der Waals surface area contributed by atoms with Gasteiger partial charge in [0.15, 0.2) is 0 Å². The first-order valence-corrected chi connectivity index (χ1v) is 8.08. The zero-order valence-electron chi connectivity index (χ0n) is 14.5. The molecule has 8 heteroatoms. The molecule has 2 N–H and O–H groups in total. The van der Waals surface area contributed by atoms with Gasteiger partial charge < -0.3 is 10.3 Å². The second-order valence-corrected chi connectivity index (χ2v) is 6.78. The lowest BCUT2D eigenvalue weighted by atomic mass is 10.1. The van der Waals surface area contributed by atoms with Crippen LogP contribution in [0, 0.1) is 0 Å². The van der Waals surface area contributed by atoms with Crippen molar-refractivity contribution < 1.29 is 9.59 Å². The van der Waals surface area contributed by atoms with Gasteiger partial charge in [0.25, 0.3) is 11.5 Å². The number of aromatic amines is 1. The Kier molecular flexibility index (Phi) is 4.30. The maximum absolute atomic E-state index is 12.2. The fourth-order valence-corrected chi connectivity index (χ4v) is 2.84. The highest BCUT2D eigenvalue weighted by atomic mass is 16.2. The number of H-pyrrole nitrogens is 1. The quantitative estimate of drug-likeness (QED) is 0.778. The van der Waals surface area contributed by atoms with Gasteiger partial charge in [-0.2, -0.15) is 0 Å². The van der Waals surface area contributed by atoms with Gasteiger partial charge in [-0.05, 0) is 33.0 Å². The summed E-state index contributed by atoms with van der Waals surface area (Å²) in [5, 5.41) is 3.20. The van der Waals surface area contributed by atoms with E-state index in [-0.39, 0.29) is 24.0 Å². The van der Waals surface area contributed by atoms with E-state index < -0.39 is 5.54 Å². The number of amides is 3. The molecule has 0 radical (unpaired) electrons. The van der Waals surface area contributed by atoms with Crippen molar-refractivity contribution in [3.63, 3.8) is 0 Å². The maximum atomic E-state index is 12.2. The largest absolute Gasteiger partial charge is 0.325 e. The molecular weight excluding hydrogens is 322 g/mol. The van der Waals surface area contributed by atoms with E-state index in [1.165, 1.54) is 4.90 Å². The summed E-state index contributed by atoms with van der Waals surface area (Å²) in [4.78, 5) is 46.5. The van der Waals surface area contributed by atoms with Crippen LogP contribution in [0.1, 0.15) is 19.7 Å². The lowest BCUT2D eigenvalue weighted by Crippen LogP contribution is -2.41. The van der Waals surface area contributed by atoms with E-state index in [1.54, 1.807) is 32.0 Å². The number of urea groups is 1. The predicted octanol–water partition coefficient (Wildman–Crippen LogP) is 0.685. The highest BCUT2D eigenvalue weighted by Gasteiger charge is 2.43. The SMILES string of the molecule is CN(CCN1C(=O)NC(C)(C)C1=O)Cc1nc2ccccc2c(=O)[nH]1. The van der Waals surface area contributed by atoms with Crippen molar-refractivity contribution in [2.24, 2.45) is 0 Å². The van der Waals surface area contributed by atoms with E-state index in [0.29, 0.717) is 29.8 Å². The first kappa shape index (κ1) is 17.1. The first-order chi connectivity index (χ1) is 11.8. The van der Waals surface area contributed by atoms with Crippen LogP contribution in [-0.4, -0.2) is 57.4 Å². The van der Waals surface area contributed by atoms with Crippen LogP contribution in [-0.2, 0) is 11.3 Å². The molecule has 0 aliphatic carbocycles. The van der Waals surface area contributed by atoms with Crippen LogP contribution in [0.15, 0.2) is 29.1 Å². The number of nitrogens with zero attached hydrogens (tertiary/aromatic N) is 3. The zero-order chi connectivity index (χ0) is 18.2. The van der Waals surface area contributed by atoms with E-state index >= 15 is 0 Å². The van der Waals surface area contributed by atoms with Crippen LogP contribution in [0.25, 0.3) is 10.9 Å². The van der Waals surface area contributed by atoms with Crippen LogP contribution < -0.4 is 10.9 Å². The molecule has 1 aliphatic heterocycles. The number of para-hydroxylation sites is 1. The number of imide groups is 1. The monoisotopic (exact) mass is 343 g/mol. The molecular formula is C17H21N5O3. The highest BCUT2D eigenvalue weighted by Crippen LogP contribution is 2.16. The number of hydrogen-bond acceptors (Lipinski definition) is 5. The highest BCUT2D eigenvalue weighted by molar-refractivity contribution is 6.06. The maximum Gasteiger partial charge on any atom is 0.325 e. The van der Waals surface area contributed by atoms with Crippen LogP contribution >= 0.6 is 0 Å². The average molecular weight is 343 g/mol. The lowest BCUT2D eigenvalue weighted by Gasteiger charge is -2.20. The normalized spacial score (nSPS) is 16.7. The van der Waals surface area contributed by atoms with E-state index in [2.05, 4.69) is 15.3 Å². The number of nitrogens with one attached hydrogen (secondary N) is 2. The summed E-state index contributed by atoms with van der Waals surface area (Å²) in [5.74, 6) is 0.312. The summed E-state index contributed by atoms with van der Waals surface area (Å²) in [6, 6.07) is 6.78. The standard InChI is InChI=1S/C17H21N5O3/c1-17(2)15(24)22(16(25)20-17)9-8-21(3)10-13-18-12-7-5-4-6-11(12)14(23)19-13/h4-7H,8-10H2,1-3H3,(H,20,25)(H,18,19,23). The zero-order valence-corrected chi connectivity index (χ0v) is 14.5. The van der Waals surface area contributed by atoms with Crippen molar-refractivity contribution in [2.45, 2.75) is 25.9 Å². The Bertz CT molecular complexity index is 889. The summed E-state index contributed by atoms with van der Waals surface area (Å²) in [6.45, 7) is 4.53. The van der Waals surface area contributed by atoms with Gasteiger partial charge in [0, 0.05) is 13.1 Å². The molecule has 0 spiro atoms. The van der Waals surface area contributed by atoms with E-state index in [4.69, 9.17) is 0 Å². The number of benzene rings is 1. The third-order valence-corrected chi connectivity index (χ3v) is 4.23. The molecule has 0 unspecified atom stereocenters. The Hall–Kier alpha value is -2.74. The summed E-state index contributed by atoms with van der Waals surface area (Å²) < 4.78 is 0. The fraction of sp³-hybridized carbons (Fsp3) is 0.412. The summed E-state index contributed by atoms with van der Waals surface area (Å²) in [7, 11) is 1.85. The molecule has 3 amide bonds. The predicted molar refractivity (Wildman–Crippen MR) is 93.0 cm³/mol. The van der Waals surface area contributed by atoms with Crippen molar-refractivity contribution in [1.82, 2.24) is 25.1 Å². The molecule has 1 saturated heterocycles. The smallest absolute Gasteiger partial charge is 0.324 e. The Morgan fingerprint density at radius 1 is 1.20 bits per heavy atom. The van der Waals surface area contributed by atoms with Gasteiger partial charge in [-0.3, -0.25) is 19.4 Å². The summed E-state index contributed by atoms with van der Waals surface area (Å²) in [6.07, 6.45) is 0. The van der Waals surface area contributed by atoms with Crippen LogP contribution in [0.5, 0.6) is 0 Å². The number of fused-ring (bicyclic) bond motifs is 1. The third-order valence-electron chi connectivity index (χ3n) is 4.23. The molecule has 1 aromatic carbocycles. The van der Waals surface area contributed by atoms with E-state index in [1.807, 2.05) is 18.0 Å². The minimum absolute atomic E-state index is 0.176. The molecule has 1 aromatic heterocycles. The Balaban J connectivity index is 1.65. The van der Waals surface area contributed by atoms with Gasteiger partial charge in [0.1, 0.15) is 11.4 Å². The molecule has 1 fully saturated rings. The molecule has 0 saturated carbocycles. The number of likely N-dealkylation sites (N-methyl/N-ethyl adjacent to an activating group) is 1. The van der Waals surface area contributed by atoms with Crippen LogP contribution in [0.3, 0.4) is 0 Å². The van der Waals surface area contributed by atoms with E-state index in [9.17, 15) is 14.4 Å². The lowest BCUT2D eigenvalue weighted by molar-refractivity contribution is -0.130. The molecule has 1 aliphatic rings. The van der Waals surface area contributed by atoms with Gasteiger partial charge in [0.05, 0.1) is 17.4 Å². The first-order valence-electron chi connectivity index (χ1n) is 8.08. The number of carbonyl (C=O) groups excluding carboxylic acids is 2. The van der Waals surface area contributed by atoms with Crippen molar-refractivity contribution >= 4 is 22.8 Å². The van der Waals surface area contributed by atoms with Gasteiger partial charge in [-0.1, -0.05) is 12.1 Å². The molecule has 8 nitrogen and oxygen atoms in total. The topological polar surface area (TPSA) is 98.4 Å². The average Bonchev–Trinajstić information content (AvgIpc) is 2.73. The second-order valence-electron chi connectivity index (χ2n) is 6.78. The van der Waals surface area contributed by atoms with Gasteiger partial charge in [0.2, 0.25) is 0 Å². The minimum Gasteiger partial charge on any atom is -0.324 e. The third kappa shape index (κ3) is 3.39. The fourth-order valence-electron chi connectivity index (χ4n) is 2.84. The van der Waals surface area contributed by atoms with Crippen molar-refractivity contribution in [1.29, 1.82) is 0 Å². The number of hydrogen-bond donors (Lipinski definition) is 2. The van der Waals surface area contributed by atoms with Crippen LogP contribution in [0.2, 0.25) is 0 Å². The number of rotatable bonds is 5. The van der Waals surface area contributed by atoms with Gasteiger partial charge >= 0.3 is 6.03 Å². The molecule has 0 atom stereocenters. The van der Waals surface area contributed by atoms with Gasteiger partial charge in [-0.25, -0.2) is 9.78 Å². The molecule has 3 rings (SSSR count). The van der Waals surface area contributed by atoms with Crippen molar-refractivity contribution in [2.75, 3.05) is 20.1 Å². The Morgan fingerprint density at radius 3 is 2.60 bits per heavy atom. The molecule has 25 heavy (non-hydrogen) atoms. The van der Waals surface area contributed by atoms with Crippen molar-refractivity contribution in [3.8, 4) is 0 Å². The molecule has 132 valence electrons. The number of aromatic nitrogens is 2. The molecule has 2 aromatic rings.